The standard InChI is InChI=1S/C19H18FN3O2/c1-23-18(15-9-8-14(25-2)10-16(15)20)11-17(22-23)19(24)21-12-13-6-4-3-5-7-13/h3-11H,12H2,1-2H3,(H,21,24). The fourth-order valence-electron chi connectivity index (χ4n) is 2.53. The molecule has 1 amide bonds. The molecule has 0 saturated heterocycles. The van der Waals surface area contributed by atoms with E-state index in [2.05, 4.69) is 10.4 Å². The van der Waals surface area contributed by atoms with Gasteiger partial charge in [-0.15, -0.1) is 0 Å². The minimum atomic E-state index is -0.432. The largest absolute Gasteiger partial charge is 0.497 e. The van der Waals surface area contributed by atoms with Gasteiger partial charge in [0.1, 0.15) is 11.6 Å². The lowest BCUT2D eigenvalue weighted by Crippen LogP contribution is -2.23. The number of benzene rings is 2. The molecule has 0 radical (unpaired) electrons. The van der Waals surface area contributed by atoms with Gasteiger partial charge in [0, 0.05) is 25.2 Å². The van der Waals surface area contributed by atoms with Gasteiger partial charge in [0.15, 0.2) is 5.69 Å². The predicted molar refractivity (Wildman–Crippen MR) is 92.8 cm³/mol. The van der Waals surface area contributed by atoms with Crippen LogP contribution in [0.1, 0.15) is 16.1 Å². The second-order valence-electron chi connectivity index (χ2n) is 5.55. The molecule has 0 fully saturated rings. The van der Waals surface area contributed by atoms with Crippen LogP contribution in [-0.4, -0.2) is 22.8 Å². The Bertz CT molecular complexity index is 891. The number of halogens is 1. The number of hydrogen-bond acceptors (Lipinski definition) is 3. The average Bonchev–Trinajstić information content (AvgIpc) is 3.02. The van der Waals surface area contributed by atoms with Gasteiger partial charge in [-0.25, -0.2) is 4.39 Å². The van der Waals surface area contributed by atoms with Crippen molar-refractivity contribution in [3.63, 3.8) is 0 Å². The normalized spacial score (nSPS) is 10.5. The molecule has 0 aliphatic rings. The summed E-state index contributed by atoms with van der Waals surface area (Å²) in [7, 11) is 3.15. The van der Waals surface area contributed by atoms with E-state index in [9.17, 15) is 9.18 Å². The molecule has 0 aliphatic heterocycles. The molecule has 0 saturated carbocycles. The smallest absolute Gasteiger partial charge is 0.272 e. The average molecular weight is 339 g/mol. The van der Waals surface area contributed by atoms with Gasteiger partial charge in [-0.1, -0.05) is 30.3 Å². The van der Waals surface area contributed by atoms with Crippen molar-refractivity contribution in [1.29, 1.82) is 0 Å². The molecule has 0 aliphatic carbocycles. The first-order valence-electron chi connectivity index (χ1n) is 7.78. The summed E-state index contributed by atoms with van der Waals surface area (Å²) in [5.74, 6) is -0.303. The molecule has 0 bridgehead atoms. The SMILES string of the molecule is COc1ccc(-c2cc(C(=O)NCc3ccccc3)nn2C)c(F)c1. The summed E-state index contributed by atoms with van der Waals surface area (Å²) in [6.07, 6.45) is 0. The number of aromatic nitrogens is 2. The van der Waals surface area contributed by atoms with Gasteiger partial charge in [-0.05, 0) is 23.8 Å². The molecule has 2 aromatic carbocycles. The van der Waals surface area contributed by atoms with Crippen LogP contribution >= 0.6 is 0 Å². The van der Waals surface area contributed by atoms with Crippen molar-refractivity contribution in [2.75, 3.05) is 7.11 Å². The Morgan fingerprint density at radius 1 is 1.20 bits per heavy atom. The second-order valence-corrected chi connectivity index (χ2v) is 5.55. The molecule has 3 rings (SSSR count). The zero-order valence-electron chi connectivity index (χ0n) is 14.0. The van der Waals surface area contributed by atoms with E-state index in [0.29, 0.717) is 23.6 Å². The number of nitrogens with one attached hydrogen (secondary N) is 1. The van der Waals surface area contributed by atoms with Crippen LogP contribution in [0, 0.1) is 5.82 Å². The molecule has 1 N–H and O–H groups in total. The van der Waals surface area contributed by atoms with Crippen LogP contribution in [0.2, 0.25) is 0 Å². The summed E-state index contributed by atoms with van der Waals surface area (Å²) >= 11 is 0. The maximum Gasteiger partial charge on any atom is 0.272 e. The molecule has 0 spiro atoms. The second kappa shape index (κ2) is 7.17. The number of carbonyl (C=O) groups is 1. The monoisotopic (exact) mass is 339 g/mol. The summed E-state index contributed by atoms with van der Waals surface area (Å²) in [5.41, 5.74) is 2.11. The van der Waals surface area contributed by atoms with Gasteiger partial charge in [0.05, 0.1) is 12.8 Å². The maximum absolute atomic E-state index is 14.3. The van der Waals surface area contributed by atoms with Crippen molar-refractivity contribution in [2.45, 2.75) is 6.54 Å². The van der Waals surface area contributed by atoms with Crippen molar-refractivity contribution < 1.29 is 13.9 Å². The van der Waals surface area contributed by atoms with Crippen LogP contribution in [-0.2, 0) is 13.6 Å². The van der Waals surface area contributed by atoms with Crippen LogP contribution in [0.4, 0.5) is 4.39 Å². The highest BCUT2D eigenvalue weighted by molar-refractivity contribution is 5.93. The summed E-state index contributed by atoms with van der Waals surface area (Å²) in [6, 6.07) is 15.7. The fraction of sp³-hybridized carbons (Fsp3) is 0.158. The van der Waals surface area contributed by atoms with Crippen LogP contribution in [0.5, 0.6) is 5.75 Å². The zero-order chi connectivity index (χ0) is 17.8. The third-order valence-corrected chi connectivity index (χ3v) is 3.86. The zero-order valence-corrected chi connectivity index (χ0v) is 14.0. The number of amides is 1. The minimum absolute atomic E-state index is 0.239. The highest BCUT2D eigenvalue weighted by Gasteiger charge is 2.16. The first kappa shape index (κ1) is 16.7. The molecule has 5 nitrogen and oxygen atoms in total. The quantitative estimate of drug-likeness (QED) is 0.777. The molecular formula is C19H18FN3O2. The predicted octanol–water partition coefficient (Wildman–Crippen LogP) is 3.16. The molecule has 1 heterocycles. The van der Waals surface area contributed by atoms with Gasteiger partial charge in [0.25, 0.3) is 5.91 Å². The Kier molecular flexibility index (Phi) is 4.79. The number of carbonyl (C=O) groups excluding carboxylic acids is 1. The molecule has 25 heavy (non-hydrogen) atoms. The van der Waals surface area contributed by atoms with E-state index >= 15 is 0 Å². The Labute approximate surface area is 145 Å². The highest BCUT2D eigenvalue weighted by atomic mass is 19.1. The van der Waals surface area contributed by atoms with Crippen LogP contribution in [0.15, 0.2) is 54.6 Å². The van der Waals surface area contributed by atoms with Crippen LogP contribution in [0.25, 0.3) is 11.3 Å². The first-order valence-corrected chi connectivity index (χ1v) is 7.78. The molecular weight excluding hydrogens is 321 g/mol. The van der Waals surface area contributed by atoms with Gasteiger partial charge in [-0.2, -0.15) is 5.10 Å². The molecule has 128 valence electrons. The highest BCUT2D eigenvalue weighted by Crippen LogP contribution is 2.26. The van der Waals surface area contributed by atoms with Crippen LogP contribution < -0.4 is 10.1 Å². The fourth-order valence-corrected chi connectivity index (χ4v) is 2.53. The van der Waals surface area contributed by atoms with E-state index in [0.717, 1.165) is 5.56 Å². The van der Waals surface area contributed by atoms with E-state index in [1.807, 2.05) is 30.3 Å². The van der Waals surface area contributed by atoms with Crippen molar-refractivity contribution >= 4 is 5.91 Å². The third-order valence-electron chi connectivity index (χ3n) is 3.86. The van der Waals surface area contributed by atoms with Gasteiger partial charge in [-0.3, -0.25) is 9.48 Å². The third kappa shape index (κ3) is 3.68. The van der Waals surface area contributed by atoms with Crippen LogP contribution in [0.3, 0.4) is 0 Å². The van der Waals surface area contributed by atoms with E-state index in [4.69, 9.17) is 4.74 Å². The first-order chi connectivity index (χ1) is 12.1. The molecule has 3 aromatic rings. The molecule has 1 aromatic heterocycles. The maximum atomic E-state index is 14.3. The molecule has 0 unspecified atom stereocenters. The van der Waals surface area contributed by atoms with Crippen molar-refractivity contribution in [1.82, 2.24) is 15.1 Å². The summed E-state index contributed by atoms with van der Waals surface area (Å²) in [5, 5.41) is 7.00. The van der Waals surface area contributed by atoms with E-state index < -0.39 is 5.82 Å². The number of hydrogen-bond donors (Lipinski definition) is 1. The Balaban J connectivity index is 1.79. The Morgan fingerprint density at radius 2 is 1.96 bits per heavy atom. The minimum Gasteiger partial charge on any atom is -0.497 e. The number of nitrogens with zero attached hydrogens (tertiary/aromatic N) is 2. The summed E-state index contributed by atoms with van der Waals surface area (Å²) in [6.45, 7) is 0.405. The number of ether oxygens (including phenoxy) is 1. The van der Waals surface area contributed by atoms with E-state index in [1.54, 1.807) is 25.2 Å². The number of methoxy groups -OCH3 is 1. The van der Waals surface area contributed by atoms with E-state index in [1.165, 1.54) is 17.9 Å². The summed E-state index contributed by atoms with van der Waals surface area (Å²) in [4.78, 5) is 12.3. The Hall–Kier alpha value is -3.15. The number of rotatable bonds is 5. The molecule has 0 atom stereocenters. The van der Waals surface area contributed by atoms with Crippen molar-refractivity contribution in [3.05, 3.63) is 71.7 Å². The lowest BCUT2D eigenvalue weighted by Gasteiger charge is -2.05. The van der Waals surface area contributed by atoms with Gasteiger partial charge in [0.2, 0.25) is 0 Å². The number of aryl methyl sites for hydroxylation is 1. The summed E-state index contributed by atoms with van der Waals surface area (Å²) < 4.78 is 20.8. The molecule has 6 heteroatoms. The van der Waals surface area contributed by atoms with Crippen molar-refractivity contribution in [2.24, 2.45) is 7.05 Å². The topological polar surface area (TPSA) is 56.1 Å². The van der Waals surface area contributed by atoms with Gasteiger partial charge >= 0.3 is 0 Å². The lowest BCUT2D eigenvalue weighted by atomic mass is 10.1. The Morgan fingerprint density at radius 3 is 2.64 bits per heavy atom. The lowest BCUT2D eigenvalue weighted by molar-refractivity contribution is 0.0945. The van der Waals surface area contributed by atoms with Crippen molar-refractivity contribution in [3.8, 4) is 17.0 Å². The van der Waals surface area contributed by atoms with Gasteiger partial charge < -0.3 is 10.1 Å². The van der Waals surface area contributed by atoms with E-state index in [-0.39, 0.29) is 11.6 Å².